The fourth-order valence-corrected chi connectivity index (χ4v) is 5.32. The molecule has 40 heavy (non-hydrogen) atoms. The summed E-state index contributed by atoms with van der Waals surface area (Å²) in [7, 11) is 0. The highest BCUT2D eigenvalue weighted by Gasteiger charge is 2.44. The molecule has 7 heterocycles. The first-order chi connectivity index (χ1) is 19.3. The maximum Gasteiger partial charge on any atom is 0.142 e. The molecule has 2 atom stereocenters. The van der Waals surface area contributed by atoms with Crippen molar-refractivity contribution in [3.8, 4) is 34.8 Å². The van der Waals surface area contributed by atoms with Crippen molar-refractivity contribution in [2.45, 2.75) is 38.0 Å². The number of nitrogens with zero attached hydrogens (tertiary/aromatic N) is 7. The van der Waals surface area contributed by atoms with Crippen molar-refractivity contribution in [1.29, 1.82) is 5.26 Å². The first kappa shape index (κ1) is 25.8. The fourth-order valence-electron chi connectivity index (χ4n) is 5.32. The van der Waals surface area contributed by atoms with Crippen LogP contribution < -0.4 is 9.64 Å². The molecule has 0 spiro atoms. The molecule has 3 aliphatic heterocycles. The molecule has 3 fully saturated rings. The third-order valence-electron chi connectivity index (χ3n) is 7.23. The second kappa shape index (κ2) is 10.2. The highest BCUT2D eigenvalue weighted by atomic mass is 19.1. The molecule has 0 aromatic carbocycles. The number of ether oxygens (including phenoxy) is 1. The Hall–Kier alpha value is -4.51. The number of piperidine rings is 1. The molecule has 1 N–H and O–H groups in total. The van der Waals surface area contributed by atoms with E-state index >= 15 is 0 Å². The van der Waals surface area contributed by atoms with Crippen LogP contribution in [0.3, 0.4) is 0 Å². The zero-order valence-corrected chi connectivity index (χ0v) is 22.3. The maximum absolute atomic E-state index is 13.3. The van der Waals surface area contributed by atoms with Crippen molar-refractivity contribution in [3.05, 3.63) is 72.2 Å². The Kier molecular flexibility index (Phi) is 6.59. The molecule has 2 unspecified atom stereocenters. The van der Waals surface area contributed by atoms with Crippen molar-refractivity contribution in [2.75, 3.05) is 31.1 Å². The lowest BCUT2D eigenvalue weighted by atomic mass is 9.87. The summed E-state index contributed by atoms with van der Waals surface area (Å²) in [6.07, 6.45) is 8.93. The number of aliphatic hydroxyl groups is 1. The molecule has 9 nitrogen and oxygen atoms in total. The average Bonchev–Trinajstić information content (AvgIpc) is 3.37. The molecule has 4 aromatic heterocycles. The van der Waals surface area contributed by atoms with E-state index < -0.39 is 5.60 Å². The lowest BCUT2D eigenvalue weighted by molar-refractivity contribution is 0.0125. The number of anilines is 1. The van der Waals surface area contributed by atoms with Crippen LogP contribution in [0.1, 0.15) is 31.4 Å². The van der Waals surface area contributed by atoms with E-state index in [9.17, 15) is 14.8 Å². The summed E-state index contributed by atoms with van der Waals surface area (Å²) in [5.41, 5.74) is 2.35. The third kappa shape index (κ3) is 5.20. The van der Waals surface area contributed by atoms with E-state index in [4.69, 9.17) is 9.72 Å². The van der Waals surface area contributed by atoms with Gasteiger partial charge in [0, 0.05) is 54.3 Å². The van der Waals surface area contributed by atoms with Crippen LogP contribution in [-0.4, -0.2) is 73.5 Å². The summed E-state index contributed by atoms with van der Waals surface area (Å²) in [6, 6.07) is 10.3. The highest BCUT2D eigenvalue weighted by Crippen LogP contribution is 2.35. The van der Waals surface area contributed by atoms with E-state index in [1.54, 1.807) is 30.8 Å². The highest BCUT2D eigenvalue weighted by molar-refractivity contribution is 5.85. The van der Waals surface area contributed by atoms with Gasteiger partial charge < -0.3 is 14.7 Å². The molecule has 2 bridgehead atoms. The first-order valence-corrected chi connectivity index (χ1v) is 13.1. The van der Waals surface area contributed by atoms with Gasteiger partial charge in [0.2, 0.25) is 0 Å². The van der Waals surface area contributed by atoms with Crippen LogP contribution in [0.5, 0.6) is 5.75 Å². The largest absolute Gasteiger partial charge is 0.489 e. The molecule has 10 heteroatoms. The van der Waals surface area contributed by atoms with Gasteiger partial charge in [-0.2, -0.15) is 10.4 Å². The van der Waals surface area contributed by atoms with Crippen LogP contribution in [0.25, 0.3) is 16.6 Å². The minimum Gasteiger partial charge on any atom is -0.489 e. The third-order valence-corrected chi connectivity index (χ3v) is 7.23. The monoisotopic (exact) mass is 537 g/mol. The Balaban J connectivity index is 1.17. The molecule has 3 saturated heterocycles. The lowest BCUT2D eigenvalue weighted by Gasteiger charge is -2.56. The van der Waals surface area contributed by atoms with Crippen molar-refractivity contribution in [2.24, 2.45) is 0 Å². The van der Waals surface area contributed by atoms with E-state index in [2.05, 4.69) is 37.8 Å². The van der Waals surface area contributed by atoms with E-state index in [1.807, 2.05) is 24.4 Å². The van der Waals surface area contributed by atoms with Gasteiger partial charge in [-0.3, -0.25) is 9.88 Å². The van der Waals surface area contributed by atoms with Gasteiger partial charge >= 0.3 is 0 Å². The molecular weight excluding hydrogens is 509 g/mol. The molecule has 202 valence electrons. The number of nitriles is 1. The molecule has 3 aliphatic rings. The summed E-state index contributed by atoms with van der Waals surface area (Å²) < 4.78 is 20.8. The van der Waals surface area contributed by atoms with E-state index in [-0.39, 0.29) is 12.4 Å². The predicted molar refractivity (Wildman–Crippen MR) is 147 cm³/mol. The average molecular weight is 538 g/mol. The summed E-state index contributed by atoms with van der Waals surface area (Å²) in [6.45, 7) is 5.83. The van der Waals surface area contributed by atoms with Crippen LogP contribution in [0.15, 0.2) is 55.2 Å². The van der Waals surface area contributed by atoms with Gasteiger partial charge in [-0.1, -0.05) is 11.8 Å². The van der Waals surface area contributed by atoms with Gasteiger partial charge in [-0.15, -0.1) is 0 Å². The van der Waals surface area contributed by atoms with Crippen LogP contribution >= 0.6 is 0 Å². The first-order valence-electron chi connectivity index (χ1n) is 13.1. The zero-order chi connectivity index (χ0) is 27.9. The second-order valence-corrected chi connectivity index (χ2v) is 10.9. The van der Waals surface area contributed by atoms with Crippen molar-refractivity contribution < 1.29 is 14.2 Å². The molecule has 7 rings (SSSR count). The van der Waals surface area contributed by atoms with E-state index in [0.29, 0.717) is 41.0 Å². The topological polar surface area (TPSA) is 103 Å². The molecule has 0 amide bonds. The number of rotatable bonds is 6. The SMILES string of the molecule is CC(C)(O)COc1cc(-c2ccc(N3CC4CC(C3)N4CC#Cc3cncc(F)c3)nc2)c2c(C#N)cnn2c1. The van der Waals surface area contributed by atoms with Gasteiger partial charge in [-0.25, -0.2) is 13.9 Å². The van der Waals surface area contributed by atoms with E-state index in [0.717, 1.165) is 36.5 Å². The fraction of sp³-hybridized carbons (Fsp3) is 0.333. The van der Waals surface area contributed by atoms with Gasteiger partial charge in [0.1, 0.15) is 30.1 Å². The van der Waals surface area contributed by atoms with Crippen molar-refractivity contribution in [1.82, 2.24) is 24.5 Å². The van der Waals surface area contributed by atoms with Gasteiger partial charge in [0.25, 0.3) is 0 Å². The van der Waals surface area contributed by atoms with Crippen LogP contribution in [-0.2, 0) is 0 Å². The Bertz CT molecular complexity index is 1650. The Morgan fingerprint density at radius 1 is 1.15 bits per heavy atom. The summed E-state index contributed by atoms with van der Waals surface area (Å²) in [4.78, 5) is 13.3. The zero-order valence-electron chi connectivity index (χ0n) is 22.3. The molecular formula is C30H28FN7O2. The van der Waals surface area contributed by atoms with Gasteiger partial charge in [0.05, 0.1) is 41.8 Å². The standard InChI is InChI=1S/C30H28FN7O2/c1-30(2,39)19-40-26-10-27(29-22(11-32)14-35-38(29)18-26)21-5-6-28(34-13-21)36-16-24-9-25(17-36)37(24)7-3-4-20-8-23(31)15-33-12-20/h5-6,8,10,12-15,18,24-25,39H,7,9,16-17,19H2,1-2H3. The number of halogens is 1. The number of pyridine rings is 3. The minimum absolute atomic E-state index is 0.115. The summed E-state index contributed by atoms with van der Waals surface area (Å²) in [5.74, 6) is 7.23. The van der Waals surface area contributed by atoms with Crippen molar-refractivity contribution in [3.63, 3.8) is 0 Å². The maximum atomic E-state index is 13.3. The number of aromatic nitrogens is 4. The summed E-state index contributed by atoms with van der Waals surface area (Å²) >= 11 is 0. The number of piperazine rings is 1. The van der Waals surface area contributed by atoms with Crippen LogP contribution in [0.4, 0.5) is 10.2 Å². The molecule has 0 saturated carbocycles. The molecule has 0 aliphatic carbocycles. The molecule has 0 radical (unpaired) electrons. The Morgan fingerprint density at radius 2 is 1.98 bits per heavy atom. The quantitative estimate of drug-likeness (QED) is 0.374. The normalized spacial score (nSPS) is 18.5. The van der Waals surface area contributed by atoms with Crippen LogP contribution in [0, 0.1) is 29.0 Å². The molecule has 4 aromatic rings. The Morgan fingerprint density at radius 3 is 2.67 bits per heavy atom. The van der Waals surface area contributed by atoms with Crippen molar-refractivity contribution >= 4 is 11.3 Å². The number of hydrogen-bond acceptors (Lipinski definition) is 8. The number of fused-ring (bicyclic) bond motifs is 3. The lowest BCUT2D eigenvalue weighted by Crippen LogP contribution is -2.68. The smallest absolute Gasteiger partial charge is 0.142 e. The second-order valence-electron chi connectivity index (χ2n) is 10.9. The van der Waals surface area contributed by atoms with Gasteiger partial charge in [-0.05, 0) is 44.5 Å². The van der Waals surface area contributed by atoms with Crippen LogP contribution in [0.2, 0.25) is 0 Å². The number of hydrogen-bond donors (Lipinski definition) is 1. The Labute approximate surface area is 231 Å². The minimum atomic E-state index is -0.990. The van der Waals surface area contributed by atoms with Gasteiger partial charge in [0.15, 0.2) is 0 Å². The van der Waals surface area contributed by atoms with E-state index in [1.165, 1.54) is 18.5 Å². The summed E-state index contributed by atoms with van der Waals surface area (Å²) in [5, 5.41) is 24.0. The predicted octanol–water partition coefficient (Wildman–Crippen LogP) is 3.27.